The zero-order chi connectivity index (χ0) is 14.5. The fourth-order valence-corrected chi connectivity index (χ4v) is 2.67. The Hall–Kier alpha value is -1.13. The van der Waals surface area contributed by atoms with Gasteiger partial charge in [-0.3, -0.25) is 0 Å². The lowest BCUT2D eigenvalue weighted by atomic mass is 10.1. The number of ether oxygens (including phenoxy) is 1. The zero-order valence-electron chi connectivity index (χ0n) is 13.1. The maximum atomic E-state index is 5.25. The van der Waals surface area contributed by atoms with Crippen molar-refractivity contribution in [2.45, 2.75) is 39.8 Å². The molecule has 1 unspecified atom stereocenters. The predicted molar refractivity (Wildman–Crippen MR) is 83.1 cm³/mol. The SMILES string of the molecule is COCC1CCN(c2ccc(CNC(C)C)c(C)n2)C1. The van der Waals surface area contributed by atoms with E-state index in [1.54, 1.807) is 7.11 Å². The molecule has 4 nitrogen and oxygen atoms in total. The third-order valence-electron chi connectivity index (χ3n) is 3.89. The topological polar surface area (TPSA) is 37.4 Å². The van der Waals surface area contributed by atoms with E-state index in [4.69, 9.17) is 9.72 Å². The van der Waals surface area contributed by atoms with Crippen molar-refractivity contribution < 1.29 is 4.74 Å². The normalized spacial score (nSPS) is 19.1. The molecule has 0 saturated carbocycles. The second-order valence-corrected chi connectivity index (χ2v) is 6.01. The maximum absolute atomic E-state index is 5.25. The van der Waals surface area contributed by atoms with Gasteiger partial charge in [-0.15, -0.1) is 0 Å². The van der Waals surface area contributed by atoms with Gasteiger partial charge in [0.05, 0.1) is 6.61 Å². The van der Waals surface area contributed by atoms with Gasteiger partial charge in [-0.05, 0) is 25.0 Å². The van der Waals surface area contributed by atoms with Crippen molar-refractivity contribution in [3.63, 3.8) is 0 Å². The summed E-state index contributed by atoms with van der Waals surface area (Å²) in [5.41, 5.74) is 2.42. The van der Waals surface area contributed by atoms with Crippen molar-refractivity contribution in [3.8, 4) is 0 Å². The number of anilines is 1. The summed E-state index contributed by atoms with van der Waals surface area (Å²) >= 11 is 0. The van der Waals surface area contributed by atoms with Crippen LogP contribution < -0.4 is 10.2 Å². The van der Waals surface area contributed by atoms with Crippen molar-refractivity contribution in [3.05, 3.63) is 23.4 Å². The molecule has 4 heteroatoms. The third-order valence-corrected chi connectivity index (χ3v) is 3.89. The van der Waals surface area contributed by atoms with Crippen LogP contribution in [-0.2, 0) is 11.3 Å². The molecule has 1 saturated heterocycles. The van der Waals surface area contributed by atoms with Crippen molar-refractivity contribution in [2.75, 3.05) is 31.7 Å². The molecule has 1 aromatic rings. The molecule has 1 aromatic heterocycles. The Bertz CT molecular complexity index is 434. The third kappa shape index (κ3) is 3.93. The molecule has 0 bridgehead atoms. The highest BCUT2D eigenvalue weighted by Gasteiger charge is 2.23. The predicted octanol–water partition coefficient (Wildman–Crippen LogP) is 2.36. The molecule has 112 valence electrons. The number of nitrogens with zero attached hydrogens (tertiary/aromatic N) is 2. The summed E-state index contributed by atoms with van der Waals surface area (Å²) in [6, 6.07) is 4.86. The molecule has 0 radical (unpaired) electrons. The van der Waals surface area contributed by atoms with Gasteiger partial charge in [-0.1, -0.05) is 19.9 Å². The summed E-state index contributed by atoms with van der Waals surface area (Å²) in [4.78, 5) is 7.14. The summed E-state index contributed by atoms with van der Waals surface area (Å²) in [6.45, 7) is 10.3. The standard InChI is InChI=1S/C16H27N3O/c1-12(2)17-9-15-5-6-16(18-13(15)3)19-8-7-14(10-19)11-20-4/h5-6,12,14,17H,7-11H2,1-4H3. The lowest BCUT2D eigenvalue weighted by Gasteiger charge is -2.19. The van der Waals surface area contributed by atoms with Crippen molar-refractivity contribution in [2.24, 2.45) is 5.92 Å². The van der Waals surface area contributed by atoms with Gasteiger partial charge in [0, 0.05) is 44.4 Å². The Balaban J connectivity index is 1.98. The Morgan fingerprint density at radius 2 is 2.25 bits per heavy atom. The van der Waals surface area contributed by atoms with Crippen LogP contribution in [0.2, 0.25) is 0 Å². The first-order chi connectivity index (χ1) is 9.60. The van der Waals surface area contributed by atoms with Gasteiger partial charge in [0.25, 0.3) is 0 Å². The van der Waals surface area contributed by atoms with Crippen molar-refractivity contribution in [1.29, 1.82) is 0 Å². The number of methoxy groups -OCH3 is 1. The van der Waals surface area contributed by atoms with E-state index in [-0.39, 0.29) is 0 Å². The molecule has 1 atom stereocenters. The summed E-state index contributed by atoms with van der Waals surface area (Å²) in [5.74, 6) is 1.75. The largest absolute Gasteiger partial charge is 0.384 e. The van der Waals surface area contributed by atoms with Gasteiger partial charge in [0.1, 0.15) is 5.82 Å². The summed E-state index contributed by atoms with van der Waals surface area (Å²) in [7, 11) is 1.78. The van der Waals surface area contributed by atoms with E-state index < -0.39 is 0 Å². The molecule has 1 fully saturated rings. The van der Waals surface area contributed by atoms with E-state index in [1.807, 2.05) is 0 Å². The van der Waals surface area contributed by atoms with Gasteiger partial charge in [-0.2, -0.15) is 0 Å². The molecule has 1 N–H and O–H groups in total. The summed E-state index contributed by atoms with van der Waals surface area (Å²) in [5, 5.41) is 3.45. The Morgan fingerprint density at radius 1 is 1.45 bits per heavy atom. The van der Waals surface area contributed by atoms with Crippen LogP contribution in [0.15, 0.2) is 12.1 Å². The quantitative estimate of drug-likeness (QED) is 0.866. The first-order valence-corrected chi connectivity index (χ1v) is 7.54. The minimum absolute atomic E-state index is 0.502. The van der Waals surface area contributed by atoms with Gasteiger partial charge in [0.2, 0.25) is 0 Å². The average molecular weight is 277 g/mol. The molecule has 1 aliphatic rings. The van der Waals surface area contributed by atoms with Gasteiger partial charge in [-0.25, -0.2) is 4.98 Å². The van der Waals surface area contributed by atoms with E-state index in [0.29, 0.717) is 12.0 Å². The van der Waals surface area contributed by atoms with Crippen LogP contribution in [0.25, 0.3) is 0 Å². The lowest BCUT2D eigenvalue weighted by Crippen LogP contribution is -2.24. The summed E-state index contributed by atoms with van der Waals surface area (Å²) in [6.07, 6.45) is 1.20. The van der Waals surface area contributed by atoms with Crippen LogP contribution in [-0.4, -0.2) is 37.8 Å². The van der Waals surface area contributed by atoms with E-state index >= 15 is 0 Å². The lowest BCUT2D eigenvalue weighted by molar-refractivity contribution is 0.161. The number of hydrogen-bond donors (Lipinski definition) is 1. The van der Waals surface area contributed by atoms with E-state index in [1.165, 1.54) is 12.0 Å². The van der Waals surface area contributed by atoms with Crippen LogP contribution in [0.5, 0.6) is 0 Å². The number of nitrogens with one attached hydrogen (secondary N) is 1. The smallest absolute Gasteiger partial charge is 0.128 e. The first kappa shape index (κ1) is 15.3. The van der Waals surface area contributed by atoms with Crippen LogP contribution >= 0.6 is 0 Å². The number of rotatable bonds is 6. The van der Waals surface area contributed by atoms with Crippen LogP contribution in [0.3, 0.4) is 0 Å². The minimum atomic E-state index is 0.502. The van der Waals surface area contributed by atoms with Gasteiger partial charge >= 0.3 is 0 Å². The second kappa shape index (κ2) is 7.04. The molecule has 2 rings (SSSR count). The highest BCUT2D eigenvalue weighted by molar-refractivity contribution is 5.42. The zero-order valence-corrected chi connectivity index (χ0v) is 13.1. The molecule has 0 spiro atoms. The second-order valence-electron chi connectivity index (χ2n) is 6.01. The average Bonchev–Trinajstić information content (AvgIpc) is 2.86. The van der Waals surface area contributed by atoms with Crippen molar-refractivity contribution in [1.82, 2.24) is 10.3 Å². The molecule has 1 aliphatic heterocycles. The highest BCUT2D eigenvalue weighted by Crippen LogP contribution is 2.23. The highest BCUT2D eigenvalue weighted by atomic mass is 16.5. The Morgan fingerprint density at radius 3 is 2.90 bits per heavy atom. The minimum Gasteiger partial charge on any atom is -0.384 e. The van der Waals surface area contributed by atoms with Crippen molar-refractivity contribution >= 4 is 5.82 Å². The van der Waals surface area contributed by atoms with Crippen LogP contribution in [0.4, 0.5) is 5.82 Å². The van der Waals surface area contributed by atoms with Crippen LogP contribution in [0, 0.1) is 12.8 Å². The van der Waals surface area contributed by atoms with E-state index in [2.05, 4.69) is 43.1 Å². The number of aromatic nitrogens is 1. The summed E-state index contributed by atoms with van der Waals surface area (Å²) < 4.78 is 5.25. The fourth-order valence-electron chi connectivity index (χ4n) is 2.67. The molecule has 0 aromatic carbocycles. The maximum Gasteiger partial charge on any atom is 0.128 e. The fraction of sp³-hybridized carbons (Fsp3) is 0.688. The molecule has 2 heterocycles. The Labute approximate surface area is 122 Å². The Kier molecular flexibility index (Phi) is 5.38. The number of hydrogen-bond acceptors (Lipinski definition) is 4. The van der Waals surface area contributed by atoms with Gasteiger partial charge in [0.15, 0.2) is 0 Å². The monoisotopic (exact) mass is 277 g/mol. The first-order valence-electron chi connectivity index (χ1n) is 7.54. The van der Waals surface area contributed by atoms with E-state index in [0.717, 1.165) is 37.8 Å². The van der Waals surface area contributed by atoms with Crippen LogP contribution in [0.1, 0.15) is 31.5 Å². The number of aryl methyl sites for hydroxylation is 1. The molecular weight excluding hydrogens is 250 g/mol. The van der Waals surface area contributed by atoms with Gasteiger partial charge < -0.3 is 15.0 Å². The molecular formula is C16H27N3O. The number of pyridine rings is 1. The van der Waals surface area contributed by atoms with E-state index in [9.17, 15) is 0 Å². The molecule has 0 aliphatic carbocycles. The molecule has 0 amide bonds. The molecule has 20 heavy (non-hydrogen) atoms.